The van der Waals surface area contributed by atoms with Crippen molar-refractivity contribution in [1.29, 1.82) is 0 Å². The molecule has 0 bridgehead atoms. The number of nitrogens with two attached hydrogens (primary N) is 1. The van der Waals surface area contributed by atoms with Gasteiger partial charge in [-0.15, -0.1) is 0 Å². The minimum atomic E-state index is -4.38. The Morgan fingerprint density at radius 2 is 1.02 bits per heavy atom. The van der Waals surface area contributed by atoms with E-state index in [9.17, 15) is 19.0 Å². The number of allylic oxidation sites excluding steroid dienone is 8. The van der Waals surface area contributed by atoms with Crippen molar-refractivity contribution in [3.63, 3.8) is 0 Å². The van der Waals surface area contributed by atoms with Gasteiger partial charge in [0.2, 0.25) is 0 Å². The van der Waals surface area contributed by atoms with Crippen LogP contribution in [0.1, 0.15) is 168 Å². The summed E-state index contributed by atoms with van der Waals surface area (Å²) in [7, 11) is -4.38. The Hall–Kier alpha value is -2.03. The summed E-state index contributed by atoms with van der Waals surface area (Å²) in [6, 6.07) is 0. The molecule has 0 aliphatic rings. The van der Waals surface area contributed by atoms with Crippen LogP contribution in [0, 0.1) is 0 Å². The molecule has 0 heterocycles. The van der Waals surface area contributed by atoms with E-state index < -0.39 is 32.5 Å². The van der Waals surface area contributed by atoms with Gasteiger partial charge < -0.3 is 20.1 Å². The van der Waals surface area contributed by atoms with Gasteiger partial charge in [0.1, 0.15) is 6.61 Å². The highest BCUT2D eigenvalue weighted by Crippen LogP contribution is 2.43. The number of phosphoric ester groups is 1. The maximum absolute atomic E-state index is 12.5. The molecule has 0 aromatic heterocycles. The van der Waals surface area contributed by atoms with Gasteiger partial charge in [0.05, 0.1) is 13.2 Å². The number of esters is 2. The van der Waals surface area contributed by atoms with E-state index in [1.54, 1.807) is 0 Å². The highest BCUT2D eigenvalue weighted by atomic mass is 31.2. The number of rotatable bonds is 37. The van der Waals surface area contributed by atoms with Crippen LogP contribution in [0.4, 0.5) is 0 Å². The second-order valence-electron chi connectivity index (χ2n) is 13.1. The maximum atomic E-state index is 12.5. The van der Waals surface area contributed by atoms with E-state index in [2.05, 4.69) is 62.5 Å². The number of hydrogen-bond donors (Lipinski definition) is 2. The minimum Gasteiger partial charge on any atom is -0.462 e. The first kappa shape index (κ1) is 49.0. The predicted octanol–water partition coefficient (Wildman–Crippen LogP) is 11.2. The molecule has 0 aromatic rings. The van der Waals surface area contributed by atoms with Crippen LogP contribution >= 0.6 is 7.82 Å². The van der Waals surface area contributed by atoms with E-state index in [0.29, 0.717) is 12.8 Å². The summed E-state index contributed by atoms with van der Waals surface area (Å²) >= 11 is 0. The molecule has 0 rings (SSSR count). The van der Waals surface area contributed by atoms with Crippen molar-refractivity contribution in [1.82, 2.24) is 0 Å². The van der Waals surface area contributed by atoms with Crippen LogP contribution in [-0.4, -0.2) is 49.3 Å². The topological polar surface area (TPSA) is 134 Å². The van der Waals surface area contributed by atoms with E-state index in [1.807, 2.05) is 0 Å². The van der Waals surface area contributed by atoms with Gasteiger partial charge >= 0.3 is 19.8 Å². The largest absolute Gasteiger partial charge is 0.472 e. The first-order valence-corrected chi connectivity index (χ1v) is 21.6. The van der Waals surface area contributed by atoms with Crippen molar-refractivity contribution in [2.75, 3.05) is 26.4 Å². The molecule has 3 N–H and O–H groups in total. The van der Waals surface area contributed by atoms with E-state index >= 15 is 0 Å². The van der Waals surface area contributed by atoms with Crippen molar-refractivity contribution < 1.29 is 37.6 Å². The predicted molar refractivity (Wildman–Crippen MR) is 210 cm³/mol. The van der Waals surface area contributed by atoms with E-state index in [1.165, 1.54) is 57.8 Å². The summed E-state index contributed by atoms with van der Waals surface area (Å²) in [5.41, 5.74) is 5.33. The molecule has 0 aliphatic carbocycles. The molecule has 0 aliphatic heterocycles. The molecule has 0 radical (unpaired) electrons. The minimum absolute atomic E-state index is 0.0473. The van der Waals surface area contributed by atoms with Crippen LogP contribution in [-0.2, 0) is 32.7 Å². The van der Waals surface area contributed by atoms with Gasteiger partial charge in [-0.1, -0.05) is 127 Å². The summed E-state index contributed by atoms with van der Waals surface area (Å²) in [5.74, 6) is -0.867. The monoisotopic (exact) mass is 740 g/mol. The summed E-state index contributed by atoms with van der Waals surface area (Å²) in [5, 5.41) is 0. The molecule has 0 saturated carbocycles. The zero-order valence-electron chi connectivity index (χ0n) is 32.3. The average molecular weight is 740 g/mol. The second-order valence-corrected chi connectivity index (χ2v) is 14.6. The third kappa shape index (κ3) is 37.5. The Morgan fingerprint density at radius 3 is 1.57 bits per heavy atom. The molecule has 1 unspecified atom stereocenters. The van der Waals surface area contributed by atoms with Crippen LogP contribution in [0.2, 0.25) is 0 Å². The first-order chi connectivity index (χ1) is 24.8. The molecular weight excluding hydrogens is 665 g/mol. The zero-order valence-corrected chi connectivity index (χ0v) is 33.2. The SMILES string of the molecule is CCCCC/C=C\C/C=C\C/C=C\CCCCCCC(=O)OC[C@H](COP(=O)(O)OCCN)OC(=O)CCCCCCC/C=C\CCCCCC. The van der Waals surface area contributed by atoms with Gasteiger partial charge in [0, 0.05) is 19.4 Å². The quantitative estimate of drug-likeness (QED) is 0.0276. The fourth-order valence-corrected chi connectivity index (χ4v) is 5.93. The molecule has 2 atom stereocenters. The van der Waals surface area contributed by atoms with Gasteiger partial charge in [-0.2, -0.15) is 0 Å². The third-order valence-corrected chi connectivity index (χ3v) is 9.17. The van der Waals surface area contributed by atoms with Crippen LogP contribution in [0.5, 0.6) is 0 Å². The Morgan fingerprint density at radius 1 is 0.588 bits per heavy atom. The van der Waals surface area contributed by atoms with E-state index in [4.69, 9.17) is 24.3 Å². The third-order valence-electron chi connectivity index (χ3n) is 8.19. The molecule has 296 valence electrons. The highest BCUT2D eigenvalue weighted by Gasteiger charge is 2.25. The molecule has 51 heavy (non-hydrogen) atoms. The van der Waals surface area contributed by atoms with Crippen molar-refractivity contribution in [2.24, 2.45) is 5.73 Å². The lowest BCUT2D eigenvalue weighted by Gasteiger charge is -2.19. The number of phosphoric acid groups is 1. The van der Waals surface area contributed by atoms with Crippen molar-refractivity contribution in [3.8, 4) is 0 Å². The first-order valence-electron chi connectivity index (χ1n) is 20.1. The van der Waals surface area contributed by atoms with Gasteiger partial charge in [0.25, 0.3) is 0 Å². The summed E-state index contributed by atoms with van der Waals surface area (Å²) in [4.78, 5) is 34.7. The second kappa shape index (κ2) is 37.7. The normalized spacial score (nSPS) is 13.9. The Labute approximate surface area is 311 Å². The van der Waals surface area contributed by atoms with Crippen LogP contribution < -0.4 is 5.73 Å². The number of ether oxygens (including phenoxy) is 2. The van der Waals surface area contributed by atoms with Crippen LogP contribution in [0.3, 0.4) is 0 Å². The maximum Gasteiger partial charge on any atom is 0.472 e. The van der Waals surface area contributed by atoms with E-state index in [-0.39, 0.29) is 32.6 Å². The highest BCUT2D eigenvalue weighted by molar-refractivity contribution is 7.47. The fourth-order valence-electron chi connectivity index (χ4n) is 5.16. The molecular formula is C41H74NO8P. The lowest BCUT2D eigenvalue weighted by molar-refractivity contribution is -0.161. The van der Waals surface area contributed by atoms with Crippen molar-refractivity contribution in [3.05, 3.63) is 48.6 Å². The number of hydrogen-bond acceptors (Lipinski definition) is 8. The molecule has 10 heteroatoms. The molecule has 0 saturated heterocycles. The number of carbonyl (C=O) groups excluding carboxylic acids is 2. The smallest absolute Gasteiger partial charge is 0.462 e. The fraction of sp³-hybridized carbons (Fsp3) is 0.756. The molecule has 0 amide bonds. The average Bonchev–Trinajstić information content (AvgIpc) is 3.11. The van der Waals surface area contributed by atoms with Gasteiger partial charge in [-0.05, 0) is 77.0 Å². The lowest BCUT2D eigenvalue weighted by Crippen LogP contribution is -2.29. The van der Waals surface area contributed by atoms with Crippen molar-refractivity contribution in [2.45, 2.75) is 174 Å². The summed E-state index contributed by atoms with van der Waals surface area (Å²) in [6.45, 7) is 3.64. The number of carbonyl (C=O) groups is 2. The Kier molecular flexibility index (Phi) is 36.2. The van der Waals surface area contributed by atoms with Crippen molar-refractivity contribution >= 4 is 19.8 Å². The Bertz CT molecular complexity index is 981. The molecule has 9 nitrogen and oxygen atoms in total. The van der Waals surface area contributed by atoms with Crippen LogP contribution in [0.25, 0.3) is 0 Å². The zero-order chi connectivity index (χ0) is 37.5. The standard InChI is InChI=1S/C41H74NO8P/c1-3-5-7-9-11-13-15-17-18-19-20-22-23-25-27-29-31-33-40(43)47-37-39(38-49-51(45,46)48-36-35-42)50-41(44)34-32-30-28-26-24-21-16-14-12-10-8-6-4-2/h11,13-14,16-18,20,22,39H,3-10,12,15,19,21,23-38,42H2,1-2H3,(H,45,46)/b13-11-,16-14-,18-17-,22-20-/t39-/m1/s1. The van der Waals surface area contributed by atoms with Gasteiger partial charge in [-0.3, -0.25) is 18.6 Å². The molecule has 0 fully saturated rings. The van der Waals surface area contributed by atoms with E-state index in [0.717, 1.165) is 70.6 Å². The molecule has 0 aromatic carbocycles. The molecule has 0 spiro atoms. The summed E-state index contributed by atoms with van der Waals surface area (Å²) in [6.07, 6.45) is 41.3. The number of unbranched alkanes of at least 4 members (excludes halogenated alkanes) is 16. The van der Waals surface area contributed by atoms with Crippen LogP contribution in [0.15, 0.2) is 48.6 Å². The van der Waals surface area contributed by atoms with Gasteiger partial charge in [-0.25, -0.2) is 4.57 Å². The van der Waals surface area contributed by atoms with Gasteiger partial charge in [0.15, 0.2) is 6.10 Å². The summed E-state index contributed by atoms with van der Waals surface area (Å²) < 4.78 is 32.7. The Balaban J connectivity index is 4.25. The lowest BCUT2D eigenvalue weighted by atomic mass is 10.1.